The Kier molecular flexibility index (Phi) is 3.20. The molecule has 1 fully saturated rings. The zero-order valence-corrected chi connectivity index (χ0v) is 14.4. The lowest BCUT2D eigenvalue weighted by Gasteiger charge is -2.21. The zero-order chi connectivity index (χ0) is 17.3. The summed E-state index contributed by atoms with van der Waals surface area (Å²) < 4.78 is 46.6. The topological polar surface area (TPSA) is 27.1 Å². The molecule has 25 heavy (non-hydrogen) atoms. The highest BCUT2D eigenvalue weighted by atomic mass is 79.9. The van der Waals surface area contributed by atoms with Crippen LogP contribution in [0.4, 0.5) is 13.2 Å². The van der Waals surface area contributed by atoms with E-state index in [0.717, 1.165) is 17.8 Å². The molecule has 3 atom stereocenters. The highest BCUT2D eigenvalue weighted by Gasteiger charge is 2.55. The van der Waals surface area contributed by atoms with Gasteiger partial charge in [0, 0.05) is 17.5 Å². The average molecular weight is 409 g/mol. The fraction of sp³-hybridized carbons (Fsp3) is 0.278. The highest BCUT2D eigenvalue weighted by Crippen LogP contribution is 2.62. The first kappa shape index (κ1) is 15.3. The van der Waals surface area contributed by atoms with E-state index in [2.05, 4.69) is 20.9 Å². The standard InChI is InChI=1S/C18H12BrF3N2O/c19-11-6-14-13(7-12(11)20)23-17-10-5-9(10)16(24(14)17)8-3-1-2-4-15(8)25-18(21)22/h1-4,6-7,9-10,16,18H,5H2/t9-,10+,16+/m0/s1. The van der Waals surface area contributed by atoms with E-state index in [9.17, 15) is 13.2 Å². The van der Waals surface area contributed by atoms with E-state index in [0.29, 0.717) is 27.4 Å². The molecule has 0 unspecified atom stereocenters. The van der Waals surface area contributed by atoms with E-state index < -0.39 is 6.61 Å². The summed E-state index contributed by atoms with van der Waals surface area (Å²) in [6, 6.07) is 9.85. The number of benzene rings is 2. The lowest BCUT2D eigenvalue weighted by Crippen LogP contribution is -2.13. The molecular weight excluding hydrogens is 397 g/mol. The third kappa shape index (κ3) is 2.21. The molecule has 1 aliphatic heterocycles. The normalized spacial score (nSPS) is 23.8. The van der Waals surface area contributed by atoms with Crippen molar-refractivity contribution in [2.45, 2.75) is 25.0 Å². The number of fused-ring (bicyclic) bond motifs is 5. The maximum absolute atomic E-state index is 13.8. The molecule has 2 aromatic carbocycles. The van der Waals surface area contributed by atoms with Gasteiger partial charge < -0.3 is 9.30 Å². The Labute approximate surface area is 149 Å². The van der Waals surface area contributed by atoms with Gasteiger partial charge in [0.15, 0.2) is 0 Å². The van der Waals surface area contributed by atoms with Gasteiger partial charge in [-0.05, 0) is 40.4 Å². The van der Waals surface area contributed by atoms with Crippen LogP contribution in [0.15, 0.2) is 40.9 Å². The van der Waals surface area contributed by atoms with Crippen molar-refractivity contribution in [3.63, 3.8) is 0 Å². The van der Waals surface area contributed by atoms with Crippen molar-refractivity contribution < 1.29 is 17.9 Å². The minimum absolute atomic E-state index is 0.127. The summed E-state index contributed by atoms with van der Waals surface area (Å²) in [5.41, 5.74) is 2.10. The number of para-hydroxylation sites is 1. The van der Waals surface area contributed by atoms with Crippen molar-refractivity contribution in [1.29, 1.82) is 0 Å². The number of hydrogen-bond acceptors (Lipinski definition) is 2. The van der Waals surface area contributed by atoms with Crippen molar-refractivity contribution in [2.75, 3.05) is 0 Å². The van der Waals surface area contributed by atoms with Gasteiger partial charge in [-0.1, -0.05) is 18.2 Å². The van der Waals surface area contributed by atoms with Crippen LogP contribution >= 0.6 is 15.9 Å². The summed E-state index contributed by atoms with van der Waals surface area (Å²) in [7, 11) is 0. The Morgan fingerprint density at radius 3 is 2.84 bits per heavy atom. The highest BCUT2D eigenvalue weighted by molar-refractivity contribution is 9.10. The van der Waals surface area contributed by atoms with E-state index in [4.69, 9.17) is 4.74 Å². The average Bonchev–Trinajstić information content (AvgIpc) is 3.18. The van der Waals surface area contributed by atoms with Crippen molar-refractivity contribution in [1.82, 2.24) is 9.55 Å². The van der Waals surface area contributed by atoms with Gasteiger partial charge in [-0.15, -0.1) is 0 Å². The summed E-state index contributed by atoms with van der Waals surface area (Å²) >= 11 is 3.22. The van der Waals surface area contributed by atoms with Gasteiger partial charge in [-0.3, -0.25) is 0 Å². The fourth-order valence-electron chi connectivity index (χ4n) is 4.01. The molecule has 0 radical (unpaired) electrons. The van der Waals surface area contributed by atoms with Gasteiger partial charge in [0.1, 0.15) is 17.4 Å². The van der Waals surface area contributed by atoms with Crippen molar-refractivity contribution in [2.24, 2.45) is 5.92 Å². The van der Waals surface area contributed by atoms with Crippen molar-refractivity contribution >= 4 is 27.0 Å². The monoisotopic (exact) mass is 408 g/mol. The molecule has 0 amide bonds. The van der Waals surface area contributed by atoms with Crippen molar-refractivity contribution in [3.8, 4) is 5.75 Å². The fourth-order valence-corrected chi connectivity index (χ4v) is 4.34. The van der Waals surface area contributed by atoms with Crippen LogP contribution in [0.5, 0.6) is 5.75 Å². The van der Waals surface area contributed by atoms with E-state index in [1.54, 1.807) is 18.2 Å². The maximum atomic E-state index is 13.8. The molecule has 1 aliphatic carbocycles. The van der Waals surface area contributed by atoms with Crippen LogP contribution in [0.25, 0.3) is 11.0 Å². The van der Waals surface area contributed by atoms with Gasteiger partial charge in [-0.25, -0.2) is 9.37 Å². The van der Waals surface area contributed by atoms with Gasteiger partial charge in [0.25, 0.3) is 0 Å². The molecule has 2 aliphatic rings. The molecule has 3 nitrogen and oxygen atoms in total. The first-order chi connectivity index (χ1) is 12.0. The molecule has 128 valence electrons. The number of aromatic nitrogens is 2. The number of rotatable bonds is 3. The van der Waals surface area contributed by atoms with Gasteiger partial charge in [0.2, 0.25) is 0 Å². The van der Waals surface area contributed by atoms with Gasteiger partial charge in [-0.2, -0.15) is 8.78 Å². The Balaban J connectivity index is 1.71. The van der Waals surface area contributed by atoms with Crippen LogP contribution < -0.4 is 4.74 Å². The minimum Gasteiger partial charge on any atom is -0.434 e. The Morgan fingerprint density at radius 1 is 1.24 bits per heavy atom. The summed E-state index contributed by atoms with van der Waals surface area (Å²) in [4.78, 5) is 4.60. The van der Waals surface area contributed by atoms with Crippen LogP contribution in [0.1, 0.15) is 29.8 Å². The molecule has 0 saturated heterocycles. The summed E-state index contributed by atoms with van der Waals surface area (Å²) in [6.45, 7) is -2.88. The van der Waals surface area contributed by atoms with E-state index in [-0.39, 0.29) is 17.6 Å². The second-order valence-corrected chi connectivity index (χ2v) is 7.32. The summed E-state index contributed by atoms with van der Waals surface area (Å²) in [6.07, 6.45) is 0.959. The molecule has 1 saturated carbocycles. The largest absolute Gasteiger partial charge is 0.434 e. The predicted octanol–water partition coefficient (Wildman–Crippen LogP) is 5.25. The molecule has 0 bridgehead atoms. The number of alkyl halides is 2. The third-order valence-corrected chi connectivity index (χ3v) is 5.68. The second-order valence-electron chi connectivity index (χ2n) is 6.46. The number of halogens is 4. The Bertz CT molecular complexity index is 1000. The minimum atomic E-state index is -2.88. The molecular formula is C18H12BrF3N2O. The van der Waals surface area contributed by atoms with E-state index in [1.165, 1.54) is 6.07 Å². The van der Waals surface area contributed by atoms with Crippen LogP contribution in [0.3, 0.4) is 0 Å². The molecule has 0 spiro atoms. The molecule has 0 N–H and O–H groups in total. The Hall–Kier alpha value is -2.02. The number of imidazole rings is 1. The lowest BCUT2D eigenvalue weighted by atomic mass is 10.0. The quantitative estimate of drug-likeness (QED) is 0.591. The number of ether oxygens (including phenoxy) is 1. The molecule has 2 heterocycles. The number of hydrogen-bond donors (Lipinski definition) is 0. The van der Waals surface area contributed by atoms with Gasteiger partial charge >= 0.3 is 6.61 Å². The van der Waals surface area contributed by atoms with E-state index >= 15 is 0 Å². The SMILES string of the molecule is Fc1cc2nc3n(c2cc1Br)[C@H](c1ccccc1OC(F)F)[C@H]1C[C@@H]31. The van der Waals surface area contributed by atoms with Crippen LogP contribution in [0, 0.1) is 11.7 Å². The first-order valence-corrected chi connectivity index (χ1v) is 8.74. The number of nitrogens with zero attached hydrogens (tertiary/aromatic N) is 2. The predicted molar refractivity (Wildman–Crippen MR) is 89.5 cm³/mol. The van der Waals surface area contributed by atoms with Gasteiger partial charge in [0.05, 0.1) is 21.5 Å². The lowest BCUT2D eigenvalue weighted by molar-refractivity contribution is -0.0507. The van der Waals surface area contributed by atoms with E-state index in [1.807, 2.05) is 16.7 Å². The van der Waals surface area contributed by atoms with Crippen LogP contribution in [0.2, 0.25) is 0 Å². The zero-order valence-electron chi connectivity index (χ0n) is 12.8. The maximum Gasteiger partial charge on any atom is 0.387 e. The summed E-state index contributed by atoms with van der Waals surface area (Å²) in [5.74, 6) is 1.32. The Morgan fingerprint density at radius 2 is 2.04 bits per heavy atom. The molecule has 3 aromatic rings. The summed E-state index contributed by atoms with van der Waals surface area (Å²) in [5, 5.41) is 0. The second kappa shape index (κ2) is 5.24. The first-order valence-electron chi connectivity index (χ1n) is 7.95. The molecule has 1 aromatic heterocycles. The van der Waals surface area contributed by atoms with Crippen LogP contribution in [-0.2, 0) is 0 Å². The molecule has 7 heteroatoms. The van der Waals surface area contributed by atoms with Crippen LogP contribution in [-0.4, -0.2) is 16.2 Å². The molecule has 5 rings (SSSR count). The third-order valence-electron chi connectivity index (χ3n) is 5.07. The van der Waals surface area contributed by atoms with Crippen molar-refractivity contribution in [3.05, 3.63) is 58.1 Å². The smallest absolute Gasteiger partial charge is 0.387 e.